The molecule has 1 fully saturated rings. The fourth-order valence-corrected chi connectivity index (χ4v) is 5.15. The van der Waals surface area contributed by atoms with Gasteiger partial charge in [0, 0.05) is 56.3 Å². The van der Waals surface area contributed by atoms with E-state index in [2.05, 4.69) is 62.6 Å². The molecule has 1 saturated heterocycles. The molecule has 0 unspecified atom stereocenters. The lowest BCUT2D eigenvalue weighted by atomic mass is 9.97. The number of carbonyl (C=O) groups excluding carboxylic acids is 1. The molecule has 2 aliphatic rings. The quantitative estimate of drug-likeness (QED) is 0.566. The van der Waals surface area contributed by atoms with Gasteiger partial charge in [0.25, 0.3) is 0 Å². The van der Waals surface area contributed by atoms with Crippen LogP contribution in [0.25, 0.3) is 10.8 Å². The van der Waals surface area contributed by atoms with Crippen molar-refractivity contribution >= 4 is 16.6 Å². The summed E-state index contributed by atoms with van der Waals surface area (Å²) in [6, 6.07) is 16.9. The van der Waals surface area contributed by atoms with Crippen molar-refractivity contribution in [1.29, 1.82) is 0 Å². The number of ketones is 1. The van der Waals surface area contributed by atoms with Gasteiger partial charge in [-0.25, -0.2) is 0 Å². The van der Waals surface area contributed by atoms with Crippen LogP contribution in [-0.4, -0.2) is 66.4 Å². The first kappa shape index (κ1) is 22.2. The summed E-state index contributed by atoms with van der Waals surface area (Å²) < 4.78 is 0. The van der Waals surface area contributed by atoms with Crippen molar-refractivity contribution < 1.29 is 4.79 Å². The van der Waals surface area contributed by atoms with Crippen LogP contribution in [0.4, 0.5) is 0 Å². The summed E-state index contributed by atoms with van der Waals surface area (Å²) in [7, 11) is 0. The molecule has 5 nitrogen and oxygen atoms in total. The number of nitrogens with zero attached hydrogens (tertiary/aromatic N) is 3. The third-order valence-electron chi connectivity index (χ3n) is 7.14. The number of pyridine rings is 1. The molecule has 2 aromatic carbocycles. The van der Waals surface area contributed by atoms with Gasteiger partial charge in [-0.1, -0.05) is 36.4 Å². The predicted octanol–water partition coefficient (Wildman–Crippen LogP) is 3.70. The zero-order valence-corrected chi connectivity index (χ0v) is 19.4. The Morgan fingerprint density at radius 2 is 1.70 bits per heavy atom. The summed E-state index contributed by atoms with van der Waals surface area (Å²) in [6.07, 6.45) is 5.58. The number of hydrogen-bond acceptors (Lipinski definition) is 5. The number of Topliss-reactive ketones (excluding diaryl/α,β-unsaturated/α-hetero) is 1. The van der Waals surface area contributed by atoms with Crippen LogP contribution in [0.15, 0.2) is 54.7 Å². The molecule has 0 saturated carbocycles. The third kappa shape index (κ3) is 5.49. The molecule has 172 valence electrons. The van der Waals surface area contributed by atoms with Crippen LogP contribution in [0.1, 0.15) is 40.0 Å². The first-order chi connectivity index (χ1) is 16.3. The number of rotatable bonds is 7. The van der Waals surface area contributed by atoms with Crippen molar-refractivity contribution in [3.63, 3.8) is 0 Å². The van der Waals surface area contributed by atoms with E-state index in [4.69, 9.17) is 0 Å². The lowest BCUT2D eigenvalue weighted by Crippen LogP contribution is -2.46. The highest BCUT2D eigenvalue weighted by molar-refractivity contribution is 5.96. The van der Waals surface area contributed by atoms with Crippen LogP contribution in [0, 0.1) is 0 Å². The molecule has 0 radical (unpaired) electrons. The molecule has 5 heteroatoms. The zero-order chi connectivity index (χ0) is 22.5. The number of fused-ring (bicyclic) bond motifs is 2. The molecule has 1 N–H and O–H groups in total. The Bertz CT molecular complexity index is 1100. The zero-order valence-electron chi connectivity index (χ0n) is 19.4. The molecular formula is C28H34N4O. The van der Waals surface area contributed by atoms with Crippen molar-refractivity contribution in [2.24, 2.45) is 0 Å². The van der Waals surface area contributed by atoms with Crippen LogP contribution in [-0.2, 0) is 19.4 Å². The van der Waals surface area contributed by atoms with E-state index in [-0.39, 0.29) is 5.78 Å². The smallest absolute Gasteiger partial charge is 0.162 e. The number of carbonyl (C=O) groups is 1. The van der Waals surface area contributed by atoms with Gasteiger partial charge in [-0.15, -0.1) is 0 Å². The van der Waals surface area contributed by atoms with Crippen molar-refractivity contribution in [2.45, 2.75) is 32.2 Å². The molecule has 0 atom stereocenters. The second-order valence-electron chi connectivity index (χ2n) is 9.36. The molecule has 5 rings (SSSR count). The van der Waals surface area contributed by atoms with E-state index in [1.165, 1.54) is 27.6 Å². The van der Waals surface area contributed by atoms with Gasteiger partial charge in [0.1, 0.15) is 0 Å². The van der Waals surface area contributed by atoms with Crippen molar-refractivity contribution in [2.75, 3.05) is 45.8 Å². The highest BCUT2D eigenvalue weighted by Gasteiger charge is 2.18. The van der Waals surface area contributed by atoms with Gasteiger partial charge in [0.05, 0.1) is 5.69 Å². The van der Waals surface area contributed by atoms with Gasteiger partial charge in [-0.05, 0) is 67.5 Å². The molecule has 0 spiro atoms. The summed E-state index contributed by atoms with van der Waals surface area (Å²) in [6.45, 7) is 8.17. The molecule has 0 aliphatic carbocycles. The summed E-state index contributed by atoms with van der Waals surface area (Å²) in [5, 5.41) is 5.96. The summed E-state index contributed by atoms with van der Waals surface area (Å²) in [5.41, 5.74) is 4.81. The Morgan fingerprint density at radius 3 is 2.58 bits per heavy atom. The van der Waals surface area contributed by atoms with Gasteiger partial charge >= 0.3 is 0 Å². The van der Waals surface area contributed by atoms with Crippen LogP contribution >= 0.6 is 0 Å². The minimum Gasteiger partial charge on any atom is -0.316 e. The van der Waals surface area contributed by atoms with Crippen LogP contribution in [0.2, 0.25) is 0 Å². The van der Waals surface area contributed by atoms with Crippen LogP contribution in [0.3, 0.4) is 0 Å². The summed E-state index contributed by atoms with van der Waals surface area (Å²) in [5.74, 6) is 0.288. The number of nitrogens with one attached hydrogen (secondary N) is 1. The van der Waals surface area contributed by atoms with Crippen molar-refractivity contribution in [3.05, 3.63) is 77.1 Å². The van der Waals surface area contributed by atoms with E-state index >= 15 is 0 Å². The molecular weight excluding hydrogens is 408 g/mol. The van der Waals surface area contributed by atoms with E-state index in [0.717, 1.165) is 77.2 Å². The summed E-state index contributed by atoms with van der Waals surface area (Å²) in [4.78, 5) is 22.4. The second kappa shape index (κ2) is 10.6. The highest BCUT2D eigenvalue weighted by atomic mass is 16.1. The molecule has 2 aliphatic heterocycles. The minimum absolute atomic E-state index is 0.288. The molecule has 3 heterocycles. The first-order valence-corrected chi connectivity index (χ1v) is 12.4. The maximum absolute atomic E-state index is 12.8. The van der Waals surface area contributed by atoms with E-state index in [1.54, 1.807) is 0 Å². The molecule has 0 bridgehead atoms. The first-order valence-electron chi connectivity index (χ1n) is 12.4. The molecule has 1 aromatic heterocycles. The Hall–Kier alpha value is -2.60. The Labute approximate surface area is 196 Å². The van der Waals surface area contributed by atoms with E-state index in [0.29, 0.717) is 6.42 Å². The average Bonchev–Trinajstić information content (AvgIpc) is 3.10. The molecule has 33 heavy (non-hydrogen) atoms. The van der Waals surface area contributed by atoms with Gasteiger partial charge in [0.15, 0.2) is 5.78 Å². The number of benzene rings is 2. The Kier molecular flexibility index (Phi) is 7.10. The maximum Gasteiger partial charge on any atom is 0.162 e. The minimum atomic E-state index is 0.288. The van der Waals surface area contributed by atoms with E-state index in [1.807, 2.05) is 12.3 Å². The van der Waals surface area contributed by atoms with Crippen LogP contribution < -0.4 is 5.32 Å². The van der Waals surface area contributed by atoms with E-state index < -0.39 is 0 Å². The van der Waals surface area contributed by atoms with Gasteiger partial charge in [-0.3, -0.25) is 14.7 Å². The SMILES string of the molecule is O=C(CCCN1CCN(Cc2nccc3ccccc23)CC1)c1ccc2c(c1)CCNCC2. The largest absolute Gasteiger partial charge is 0.316 e. The molecule has 3 aromatic rings. The number of aromatic nitrogens is 1. The average molecular weight is 443 g/mol. The van der Waals surface area contributed by atoms with Gasteiger partial charge in [-0.2, -0.15) is 0 Å². The monoisotopic (exact) mass is 442 g/mol. The van der Waals surface area contributed by atoms with Gasteiger partial charge < -0.3 is 10.2 Å². The number of hydrogen-bond donors (Lipinski definition) is 1. The predicted molar refractivity (Wildman–Crippen MR) is 134 cm³/mol. The van der Waals surface area contributed by atoms with Crippen molar-refractivity contribution in [3.8, 4) is 0 Å². The summed E-state index contributed by atoms with van der Waals surface area (Å²) >= 11 is 0. The fourth-order valence-electron chi connectivity index (χ4n) is 5.15. The van der Waals surface area contributed by atoms with Crippen molar-refractivity contribution in [1.82, 2.24) is 20.1 Å². The fraction of sp³-hybridized carbons (Fsp3) is 0.429. The second-order valence-corrected chi connectivity index (χ2v) is 9.36. The third-order valence-corrected chi connectivity index (χ3v) is 7.14. The normalized spacial score (nSPS) is 17.6. The lowest BCUT2D eigenvalue weighted by Gasteiger charge is -2.34. The highest BCUT2D eigenvalue weighted by Crippen LogP contribution is 2.19. The Morgan fingerprint density at radius 1 is 0.909 bits per heavy atom. The molecule has 0 amide bonds. The lowest BCUT2D eigenvalue weighted by molar-refractivity contribution is 0.0958. The maximum atomic E-state index is 12.8. The number of piperazine rings is 1. The standard InChI is InChI=1S/C28H34N4O/c33-28(25-8-7-22-9-12-29-13-10-24(22)20-25)6-3-15-31-16-18-32(19-17-31)21-27-26-5-2-1-4-23(26)11-14-30-27/h1-2,4-5,7-8,11,14,20,29H,3,6,9-10,12-13,15-19,21H2. The van der Waals surface area contributed by atoms with Crippen LogP contribution in [0.5, 0.6) is 0 Å². The topological polar surface area (TPSA) is 48.5 Å². The van der Waals surface area contributed by atoms with E-state index in [9.17, 15) is 4.79 Å². The Balaban J connectivity index is 1.07. The van der Waals surface area contributed by atoms with Gasteiger partial charge in [0.2, 0.25) is 0 Å².